The molecule has 6 heteroatoms. The van der Waals surface area contributed by atoms with Gasteiger partial charge in [-0.05, 0) is 44.9 Å². The first-order chi connectivity index (χ1) is 21.0. The molecule has 0 aromatic carbocycles. The SMILES string of the molecule is CCCCCCCCCCCCCC(=O)O[C@@H](CO)COC(=O)CCC/C=C\C/C=C\C/C=C\C/C=C\C=C\[C@@H](O)CC. The maximum atomic E-state index is 12.1. The first-order valence-corrected chi connectivity index (χ1v) is 17.0. The fraction of sp³-hybridized carbons (Fsp3) is 0.676. The molecule has 0 amide bonds. The number of allylic oxidation sites excluding steroid dienone is 9. The second kappa shape index (κ2) is 32.5. The van der Waals surface area contributed by atoms with Gasteiger partial charge in [-0.15, -0.1) is 0 Å². The molecule has 0 aromatic rings. The normalized spacial score (nSPS) is 13.7. The van der Waals surface area contributed by atoms with E-state index in [1.807, 2.05) is 19.1 Å². The monoisotopic (exact) mass is 602 g/mol. The summed E-state index contributed by atoms with van der Waals surface area (Å²) in [5, 5.41) is 18.9. The lowest BCUT2D eigenvalue weighted by Crippen LogP contribution is -2.28. The van der Waals surface area contributed by atoms with Gasteiger partial charge in [0.2, 0.25) is 0 Å². The molecule has 0 bridgehead atoms. The van der Waals surface area contributed by atoms with Crippen LogP contribution in [0.5, 0.6) is 0 Å². The van der Waals surface area contributed by atoms with E-state index in [1.165, 1.54) is 51.4 Å². The summed E-state index contributed by atoms with van der Waals surface area (Å²) in [5.74, 6) is -0.684. The van der Waals surface area contributed by atoms with Gasteiger partial charge >= 0.3 is 11.9 Å². The molecule has 2 N–H and O–H groups in total. The number of hydrogen-bond acceptors (Lipinski definition) is 6. The molecule has 0 saturated carbocycles. The first-order valence-electron chi connectivity index (χ1n) is 17.0. The van der Waals surface area contributed by atoms with Crippen LogP contribution in [-0.4, -0.2) is 47.6 Å². The predicted molar refractivity (Wildman–Crippen MR) is 179 cm³/mol. The van der Waals surface area contributed by atoms with Gasteiger partial charge in [-0.2, -0.15) is 0 Å². The van der Waals surface area contributed by atoms with Crippen molar-refractivity contribution in [1.29, 1.82) is 0 Å². The summed E-state index contributed by atoms with van der Waals surface area (Å²) >= 11 is 0. The van der Waals surface area contributed by atoms with Gasteiger partial charge in [-0.1, -0.05) is 139 Å². The second-order valence-electron chi connectivity index (χ2n) is 11.1. The van der Waals surface area contributed by atoms with Crippen molar-refractivity contribution in [2.75, 3.05) is 13.2 Å². The number of ether oxygens (including phenoxy) is 2. The number of carbonyl (C=O) groups excluding carboxylic acids is 2. The number of rotatable bonds is 29. The van der Waals surface area contributed by atoms with Crippen molar-refractivity contribution in [3.63, 3.8) is 0 Å². The molecule has 43 heavy (non-hydrogen) atoms. The van der Waals surface area contributed by atoms with Crippen molar-refractivity contribution < 1.29 is 29.3 Å². The van der Waals surface area contributed by atoms with E-state index >= 15 is 0 Å². The van der Waals surface area contributed by atoms with Crippen LogP contribution in [0, 0.1) is 0 Å². The molecular formula is C37H62O6. The second-order valence-corrected chi connectivity index (χ2v) is 11.1. The van der Waals surface area contributed by atoms with Gasteiger partial charge in [-0.25, -0.2) is 0 Å². The summed E-state index contributed by atoms with van der Waals surface area (Å²) in [5.41, 5.74) is 0. The molecule has 6 nitrogen and oxygen atoms in total. The highest BCUT2D eigenvalue weighted by molar-refractivity contribution is 5.70. The van der Waals surface area contributed by atoms with Crippen LogP contribution >= 0.6 is 0 Å². The Bertz CT molecular complexity index is 795. The molecule has 0 spiro atoms. The smallest absolute Gasteiger partial charge is 0.306 e. The summed E-state index contributed by atoms with van der Waals surface area (Å²) in [6.45, 7) is 3.72. The van der Waals surface area contributed by atoms with Gasteiger partial charge in [0.25, 0.3) is 0 Å². The molecule has 0 aliphatic heterocycles. The van der Waals surface area contributed by atoms with Gasteiger partial charge in [0, 0.05) is 12.8 Å². The van der Waals surface area contributed by atoms with Crippen molar-refractivity contribution in [1.82, 2.24) is 0 Å². The van der Waals surface area contributed by atoms with E-state index in [9.17, 15) is 19.8 Å². The minimum atomic E-state index is -0.801. The van der Waals surface area contributed by atoms with Crippen LogP contribution in [0.3, 0.4) is 0 Å². The Hall–Kier alpha value is -2.44. The minimum absolute atomic E-state index is 0.106. The van der Waals surface area contributed by atoms with E-state index in [0.717, 1.165) is 51.4 Å². The molecule has 246 valence electrons. The van der Waals surface area contributed by atoms with Gasteiger partial charge in [0.15, 0.2) is 6.10 Å². The van der Waals surface area contributed by atoms with Crippen molar-refractivity contribution in [2.45, 2.75) is 148 Å². The van der Waals surface area contributed by atoms with Crippen molar-refractivity contribution in [2.24, 2.45) is 0 Å². The summed E-state index contributed by atoms with van der Waals surface area (Å²) in [4.78, 5) is 24.1. The van der Waals surface area contributed by atoms with Gasteiger partial charge in [-0.3, -0.25) is 9.59 Å². The Balaban J connectivity index is 3.75. The largest absolute Gasteiger partial charge is 0.462 e. The highest BCUT2D eigenvalue weighted by atomic mass is 16.6. The third kappa shape index (κ3) is 30.8. The maximum Gasteiger partial charge on any atom is 0.306 e. The Kier molecular flexibility index (Phi) is 30.6. The van der Waals surface area contributed by atoms with Gasteiger partial charge < -0.3 is 19.7 Å². The van der Waals surface area contributed by atoms with Crippen LogP contribution in [0.1, 0.15) is 136 Å². The molecular weight excluding hydrogens is 540 g/mol. The number of esters is 2. The van der Waals surface area contributed by atoms with Crippen molar-refractivity contribution in [3.05, 3.63) is 60.8 Å². The van der Waals surface area contributed by atoms with Crippen LogP contribution in [0.25, 0.3) is 0 Å². The van der Waals surface area contributed by atoms with E-state index in [4.69, 9.17) is 9.47 Å². The van der Waals surface area contributed by atoms with Crippen LogP contribution in [0.15, 0.2) is 60.8 Å². The quantitative estimate of drug-likeness (QED) is 0.0384. The van der Waals surface area contributed by atoms with Crippen LogP contribution in [0.4, 0.5) is 0 Å². The molecule has 0 radical (unpaired) electrons. The molecule has 0 heterocycles. The zero-order valence-corrected chi connectivity index (χ0v) is 27.3. The molecule has 0 saturated heterocycles. The standard InChI is InChI=1S/C37H62O6/c1-3-5-6-7-8-9-14-19-22-25-28-31-37(41)43-35(32-38)33-42-36(40)30-27-24-21-18-16-13-11-10-12-15-17-20-23-26-29-34(39)4-2/h11-13,15,18,20-21,23,26,29,34-35,38-39H,3-10,14,16-17,19,22,24-25,27-28,30-33H2,1-2H3/b13-11-,15-12-,21-18-,23-20-,29-26+/t34-,35-/m0/s1. The number of aliphatic hydroxyl groups excluding tert-OH is 2. The third-order valence-electron chi connectivity index (χ3n) is 6.98. The number of carbonyl (C=O) groups is 2. The molecule has 0 rings (SSSR count). The highest BCUT2D eigenvalue weighted by Gasteiger charge is 2.16. The summed E-state index contributed by atoms with van der Waals surface area (Å²) in [6.07, 6.45) is 38.0. The highest BCUT2D eigenvalue weighted by Crippen LogP contribution is 2.12. The molecule has 0 fully saturated rings. The molecule has 0 unspecified atom stereocenters. The van der Waals surface area contributed by atoms with Gasteiger partial charge in [0.05, 0.1) is 12.7 Å². The Labute approximate surface area is 263 Å². The maximum absolute atomic E-state index is 12.1. The van der Waals surface area contributed by atoms with Gasteiger partial charge in [0.1, 0.15) is 6.61 Å². The topological polar surface area (TPSA) is 93.1 Å². The number of hydrogen-bond donors (Lipinski definition) is 2. The molecule has 2 atom stereocenters. The van der Waals surface area contributed by atoms with E-state index in [0.29, 0.717) is 19.3 Å². The van der Waals surface area contributed by atoms with Crippen molar-refractivity contribution >= 4 is 11.9 Å². The lowest BCUT2D eigenvalue weighted by molar-refractivity contribution is -0.161. The zero-order valence-electron chi connectivity index (χ0n) is 27.3. The van der Waals surface area contributed by atoms with Crippen LogP contribution < -0.4 is 0 Å². The van der Waals surface area contributed by atoms with E-state index in [-0.39, 0.29) is 31.3 Å². The Morgan fingerprint density at radius 2 is 1.19 bits per heavy atom. The Morgan fingerprint density at radius 3 is 1.77 bits per heavy atom. The van der Waals surface area contributed by atoms with Crippen molar-refractivity contribution in [3.8, 4) is 0 Å². The minimum Gasteiger partial charge on any atom is -0.462 e. The average molecular weight is 603 g/mol. The lowest BCUT2D eigenvalue weighted by atomic mass is 10.1. The number of unbranched alkanes of at least 4 members (excludes halogenated alkanes) is 11. The molecule has 0 aromatic heterocycles. The average Bonchev–Trinajstić information content (AvgIpc) is 3.01. The lowest BCUT2D eigenvalue weighted by Gasteiger charge is -2.15. The molecule has 0 aliphatic rings. The summed E-state index contributed by atoms with van der Waals surface area (Å²) in [6, 6.07) is 0. The fourth-order valence-corrected chi connectivity index (χ4v) is 4.24. The third-order valence-corrected chi connectivity index (χ3v) is 6.98. The van der Waals surface area contributed by atoms with Crippen LogP contribution in [0.2, 0.25) is 0 Å². The molecule has 0 aliphatic carbocycles. The van der Waals surface area contributed by atoms with Crippen LogP contribution in [-0.2, 0) is 19.1 Å². The summed E-state index contributed by atoms with van der Waals surface area (Å²) < 4.78 is 10.5. The Morgan fingerprint density at radius 1 is 0.651 bits per heavy atom. The van der Waals surface area contributed by atoms with E-state index in [1.54, 1.807) is 6.08 Å². The first kappa shape index (κ1) is 40.6. The fourth-order valence-electron chi connectivity index (χ4n) is 4.24. The summed E-state index contributed by atoms with van der Waals surface area (Å²) in [7, 11) is 0. The zero-order chi connectivity index (χ0) is 31.6. The van der Waals surface area contributed by atoms with E-state index in [2.05, 4.69) is 49.5 Å². The number of aliphatic hydroxyl groups is 2. The van der Waals surface area contributed by atoms with E-state index < -0.39 is 6.10 Å². The predicted octanol–water partition coefficient (Wildman–Crippen LogP) is 9.03.